The number of urea groups is 1. The molecule has 1 aliphatic heterocycles. The molecule has 0 radical (unpaired) electrons. The molecule has 1 heterocycles. The molecule has 2 rings (SSSR count). The number of Topliss-reactive ketones (excluding diaryl/α,β-unsaturated/α-hetero) is 1. The summed E-state index contributed by atoms with van der Waals surface area (Å²) in [7, 11) is 0. The van der Waals surface area contributed by atoms with Gasteiger partial charge in [-0.2, -0.15) is 0 Å². The normalized spacial score (nSPS) is 16.4. The van der Waals surface area contributed by atoms with Crippen LogP contribution in [0.1, 0.15) is 75.5 Å². The number of ketones is 1. The van der Waals surface area contributed by atoms with E-state index in [9.17, 15) is 14.4 Å². The van der Waals surface area contributed by atoms with Crippen LogP contribution in [0.25, 0.3) is 0 Å². The molecule has 1 atom stereocenters. The molecule has 3 amide bonds. The van der Waals surface area contributed by atoms with Crippen LogP contribution in [0.15, 0.2) is 0 Å². The van der Waals surface area contributed by atoms with E-state index < -0.39 is 17.7 Å². The van der Waals surface area contributed by atoms with Crippen LogP contribution < -0.4 is 10.6 Å². The predicted octanol–water partition coefficient (Wildman–Crippen LogP) is 2.72. The van der Waals surface area contributed by atoms with Crippen LogP contribution in [-0.4, -0.2) is 59.5 Å². The highest BCUT2D eigenvalue weighted by Gasteiger charge is 2.32. The average Bonchev–Trinajstić information content (AvgIpc) is 3.30. The van der Waals surface area contributed by atoms with Crippen molar-refractivity contribution in [1.82, 2.24) is 15.5 Å². The lowest BCUT2D eigenvalue weighted by Gasteiger charge is -2.21. The summed E-state index contributed by atoms with van der Waals surface area (Å²) in [6, 6.07) is -0.775. The lowest BCUT2D eigenvalue weighted by molar-refractivity contribution is -0.139. The third-order valence-corrected chi connectivity index (χ3v) is 3.94. The van der Waals surface area contributed by atoms with Gasteiger partial charge in [0.05, 0.1) is 6.04 Å². The van der Waals surface area contributed by atoms with E-state index in [-0.39, 0.29) is 14.9 Å². The summed E-state index contributed by atoms with van der Waals surface area (Å²) in [4.78, 5) is 37.6. The van der Waals surface area contributed by atoms with E-state index in [1.807, 2.05) is 27.7 Å². The molecule has 3 N–H and O–H groups in total. The number of aliphatic hydroxyl groups excluding tert-OH is 1. The Balaban J connectivity index is -0.000000697. The van der Waals surface area contributed by atoms with Crippen molar-refractivity contribution < 1.29 is 22.3 Å². The van der Waals surface area contributed by atoms with Gasteiger partial charge in [0.2, 0.25) is 5.78 Å². The third kappa shape index (κ3) is 9.75. The molecule has 7 heteroatoms. The highest BCUT2D eigenvalue weighted by atomic mass is 16.3. The van der Waals surface area contributed by atoms with E-state index >= 15 is 0 Å². The van der Waals surface area contributed by atoms with Crippen molar-refractivity contribution in [1.29, 1.82) is 0 Å². The number of hydrogen-bond acceptors (Lipinski definition) is 4. The van der Waals surface area contributed by atoms with Crippen molar-refractivity contribution >= 4 is 17.7 Å². The van der Waals surface area contributed by atoms with Gasteiger partial charge in [-0.05, 0) is 38.5 Å². The van der Waals surface area contributed by atoms with Crippen LogP contribution in [0.4, 0.5) is 4.79 Å². The Bertz CT molecular complexity index is 427. The Morgan fingerprint density at radius 3 is 2.08 bits per heavy atom. The second-order valence-corrected chi connectivity index (χ2v) is 6.32. The monoisotopic (exact) mass is 375 g/mol. The van der Waals surface area contributed by atoms with Gasteiger partial charge in [0, 0.05) is 28.6 Å². The summed E-state index contributed by atoms with van der Waals surface area (Å²) < 4.78 is 0. The highest BCUT2D eigenvalue weighted by Crippen LogP contribution is 2.18. The summed E-state index contributed by atoms with van der Waals surface area (Å²) in [5.41, 5.74) is 0. The van der Waals surface area contributed by atoms with Crippen molar-refractivity contribution in [2.75, 3.05) is 19.7 Å². The molecule has 0 bridgehead atoms. The number of amides is 3. The number of nitrogens with zero attached hydrogens (tertiary/aromatic N) is 1. The second-order valence-electron chi connectivity index (χ2n) is 6.32. The first-order chi connectivity index (χ1) is 12.5. The first kappa shape index (κ1) is 24.4. The van der Waals surface area contributed by atoms with E-state index in [0.717, 1.165) is 51.6 Å². The van der Waals surface area contributed by atoms with E-state index in [4.69, 9.17) is 5.11 Å². The molecule has 0 aromatic rings. The fourth-order valence-corrected chi connectivity index (χ4v) is 2.36. The zero-order valence-corrected chi connectivity index (χ0v) is 16.8. The molecule has 7 nitrogen and oxygen atoms in total. The molecule has 156 valence electrons. The van der Waals surface area contributed by atoms with Gasteiger partial charge < -0.3 is 20.6 Å². The van der Waals surface area contributed by atoms with Gasteiger partial charge >= 0.3 is 6.03 Å². The SMILES string of the molecule is CC.CCCC(NC(=O)N1CCCC1)C(=O)C(=O)NC1CC1.CCCO.[HH].[HH]. The second kappa shape index (κ2) is 14.5. The van der Waals surface area contributed by atoms with Crippen molar-refractivity contribution in [3.8, 4) is 0 Å². The molecule has 26 heavy (non-hydrogen) atoms. The van der Waals surface area contributed by atoms with Crippen molar-refractivity contribution in [2.24, 2.45) is 0 Å². The quantitative estimate of drug-likeness (QED) is 0.596. The Morgan fingerprint density at radius 2 is 1.65 bits per heavy atom. The van der Waals surface area contributed by atoms with Crippen LogP contribution >= 0.6 is 0 Å². The lowest BCUT2D eigenvalue weighted by Crippen LogP contribution is -2.51. The molecular formula is C19H41N3O4. The standard InChI is InChI=1S/C14H23N3O3.C3H8O.C2H6.2H2/c1-2-5-11(12(18)13(19)15-10-6-7-10)16-14(20)17-8-3-4-9-17;1-2-3-4;1-2;;/h10-11H,2-9H2,1H3,(H,15,19)(H,16,20);4H,2-3H2,1H3;1-2H3;2*1H. The maximum Gasteiger partial charge on any atom is 0.317 e. The summed E-state index contributed by atoms with van der Waals surface area (Å²) in [5.74, 6) is -1.08. The van der Waals surface area contributed by atoms with Crippen molar-refractivity contribution in [3.05, 3.63) is 0 Å². The summed E-state index contributed by atoms with van der Waals surface area (Å²) in [5, 5.41) is 13.3. The molecule has 2 aliphatic rings. The first-order valence-electron chi connectivity index (χ1n) is 10.0. The van der Waals surface area contributed by atoms with Gasteiger partial charge in [-0.3, -0.25) is 9.59 Å². The van der Waals surface area contributed by atoms with E-state index in [0.29, 0.717) is 13.0 Å². The zero-order valence-electron chi connectivity index (χ0n) is 16.8. The topological polar surface area (TPSA) is 98.7 Å². The molecule has 1 unspecified atom stereocenters. The summed E-state index contributed by atoms with van der Waals surface area (Å²) in [6.45, 7) is 9.64. The zero-order chi connectivity index (χ0) is 19.9. The molecule has 1 aliphatic carbocycles. The van der Waals surface area contributed by atoms with Gasteiger partial charge in [0.25, 0.3) is 5.91 Å². The molecule has 1 saturated heterocycles. The number of carbonyl (C=O) groups is 3. The number of aliphatic hydroxyl groups is 1. The van der Waals surface area contributed by atoms with Gasteiger partial charge in [0.1, 0.15) is 0 Å². The fourth-order valence-electron chi connectivity index (χ4n) is 2.36. The Labute approximate surface area is 160 Å². The number of nitrogens with one attached hydrogen (secondary N) is 2. The molecule has 0 spiro atoms. The summed E-state index contributed by atoms with van der Waals surface area (Å²) in [6.07, 6.45) is 6.00. The molecule has 2 fully saturated rings. The van der Waals surface area contributed by atoms with Gasteiger partial charge in [-0.25, -0.2) is 4.79 Å². The number of likely N-dealkylation sites (tertiary alicyclic amines) is 1. The average molecular weight is 376 g/mol. The minimum Gasteiger partial charge on any atom is -0.396 e. The molecule has 0 aromatic heterocycles. The maximum absolute atomic E-state index is 12.1. The van der Waals surface area contributed by atoms with Crippen LogP contribution in [0, 0.1) is 0 Å². The van der Waals surface area contributed by atoms with Gasteiger partial charge in [-0.1, -0.05) is 34.1 Å². The third-order valence-electron chi connectivity index (χ3n) is 3.94. The molecule has 1 saturated carbocycles. The Hall–Kier alpha value is -1.63. The summed E-state index contributed by atoms with van der Waals surface area (Å²) >= 11 is 0. The first-order valence-corrected chi connectivity index (χ1v) is 10.0. The number of hydrogen-bond donors (Lipinski definition) is 3. The minimum absolute atomic E-state index is 0. The van der Waals surface area contributed by atoms with Crippen molar-refractivity contribution in [2.45, 2.75) is 84.7 Å². The molecular weight excluding hydrogens is 334 g/mol. The van der Waals surface area contributed by atoms with Gasteiger partial charge in [-0.15, -0.1) is 0 Å². The van der Waals surface area contributed by atoms with Crippen LogP contribution in [-0.2, 0) is 9.59 Å². The van der Waals surface area contributed by atoms with Crippen LogP contribution in [0.5, 0.6) is 0 Å². The van der Waals surface area contributed by atoms with E-state index in [2.05, 4.69) is 10.6 Å². The Morgan fingerprint density at radius 1 is 1.12 bits per heavy atom. The lowest BCUT2D eigenvalue weighted by atomic mass is 10.1. The Kier molecular flexibility index (Phi) is 13.6. The van der Waals surface area contributed by atoms with Crippen LogP contribution in [0.3, 0.4) is 0 Å². The minimum atomic E-state index is -0.702. The van der Waals surface area contributed by atoms with Gasteiger partial charge in [0.15, 0.2) is 0 Å². The van der Waals surface area contributed by atoms with Crippen LogP contribution in [0.2, 0.25) is 0 Å². The van der Waals surface area contributed by atoms with Crippen molar-refractivity contribution in [3.63, 3.8) is 0 Å². The molecule has 0 aromatic carbocycles. The smallest absolute Gasteiger partial charge is 0.317 e. The maximum atomic E-state index is 12.1. The predicted molar refractivity (Wildman–Crippen MR) is 107 cm³/mol. The van der Waals surface area contributed by atoms with E-state index in [1.165, 1.54) is 0 Å². The highest BCUT2D eigenvalue weighted by molar-refractivity contribution is 6.38. The van der Waals surface area contributed by atoms with E-state index in [1.54, 1.807) is 4.90 Å². The number of carbonyl (C=O) groups excluding carboxylic acids is 3. The number of rotatable bonds is 7. The fraction of sp³-hybridized carbons (Fsp3) is 0.842. The largest absolute Gasteiger partial charge is 0.396 e.